The lowest BCUT2D eigenvalue weighted by Gasteiger charge is -2.41. The summed E-state index contributed by atoms with van der Waals surface area (Å²) in [6.07, 6.45) is 1.53. The zero-order chi connectivity index (χ0) is 48.1. The number of rotatable bonds is 25. The van der Waals surface area contributed by atoms with E-state index in [0.29, 0.717) is 19.4 Å². The van der Waals surface area contributed by atoms with Gasteiger partial charge in [0.1, 0.15) is 0 Å². The molecule has 2 unspecified atom stereocenters. The number of nitrogens with one attached hydrogen (secondary N) is 2. The minimum Gasteiger partial charge on any atom is -0.380 e. The van der Waals surface area contributed by atoms with Crippen LogP contribution in [0.3, 0.4) is 0 Å². The lowest BCUT2D eigenvalue weighted by molar-refractivity contribution is -0.149. The number of carbonyl (C=O) groups is 5. The number of likely N-dealkylation sites (N-methyl/N-ethyl adjacent to an activating group) is 2. The van der Waals surface area contributed by atoms with Crippen LogP contribution in [0.4, 0.5) is 5.69 Å². The first-order valence-corrected chi connectivity index (χ1v) is 23.6. The van der Waals surface area contributed by atoms with E-state index in [1.807, 2.05) is 106 Å². The summed E-state index contributed by atoms with van der Waals surface area (Å²) in [5, 5.41) is 6.54. The molecule has 0 spiro atoms. The standard InChI is InChI=1S/C52H83N5O7/c1-16-35(6)48(56(13)51(62)40(33(2)3)31-44(59)47(34(4)5)55(11)12)45(63-14)32-46(60)57-28-20-23-42(57)49(64-15)36(7)50(61)53-41(29-37-21-18-17-19-22-37)43(58)30-38-24-26-39(27-25-38)54-52(8,9)10/h17-19,21-22,24-27,33-36,40-42,45,47-49,54H,16,20,23,28-32H2,1-15H3,(H,53,61)/t35-,36+,40-,41?,42-,45+,47-,48?,49+/m0/s1. The monoisotopic (exact) mass is 890 g/mol. The highest BCUT2D eigenvalue weighted by Gasteiger charge is 2.43. The molecule has 0 aliphatic carbocycles. The second kappa shape index (κ2) is 25.0. The highest BCUT2D eigenvalue weighted by molar-refractivity contribution is 5.92. The molecule has 9 atom stereocenters. The Morgan fingerprint density at radius 1 is 0.812 bits per heavy atom. The minimum absolute atomic E-state index is 0.0124. The number of anilines is 1. The SMILES string of the molecule is CC[C@H](C)C([C@@H](CC(=O)N1CCC[C@H]1[C@H](OC)[C@@H](C)C(=O)NC(Cc1ccccc1)C(=O)Cc1ccc(NC(C)(C)C)cc1)OC)N(C)C(=O)[C@@H](CC(=O)[C@H](C(C)C)N(C)C)C(C)C. The predicted molar refractivity (Wildman–Crippen MR) is 257 cm³/mol. The molecule has 12 heteroatoms. The molecule has 1 heterocycles. The molecule has 12 nitrogen and oxygen atoms in total. The normalized spacial score (nSPS) is 18.2. The summed E-state index contributed by atoms with van der Waals surface area (Å²) in [5.74, 6) is -1.85. The van der Waals surface area contributed by atoms with Crippen molar-refractivity contribution < 1.29 is 33.4 Å². The van der Waals surface area contributed by atoms with E-state index in [1.165, 1.54) is 0 Å². The smallest absolute Gasteiger partial charge is 0.226 e. The summed E-state index contributed by atoms with van der Waals surface area (Å²) in [5.41, 5.74) is 2.65. The summed E-state index contributed by atoms with van der Waals surface area (Å²) in [6.45, 7) is 20.7. The third-order valence-electron chi connectivity index (χ3n) is 13.2. The molecule has 1 aliphatic rings. The van der Waals surface area contributed by atoms with Gasteiger partial charge in [0.25, 0.3) is 0 Å². The molecule has 64 heavy (non-hydrogen) atoms. The van der Waals surface area contributed by atoms with Gasteiger partial charge in [0.15, 0.2) is 11.6 Å². The summed E-state index contributed by atoms with van der Waals surface area (Å²) < 4.78 is 12.2. The van der Waals surface area contributed by atoms with Crippen LogP contribution in [0.5, 0.6) is 0 Å². The molecule has 3 amide bonds. The van der Waals surface area contributed by atoms with E-state index in [4.69, 9.17) is 9.47 Å². The van der Waals surface area contributed by atoms with E-state index >= 15 is 0 Å². The van der Waals surface area contributed by atoms with E-state index in [9.17, 15) is 24.0 Å². The highest BCUT2D eigenvalue weighted by Crippen LogP contribution is 2.31. The molecular formula is C52H83N5O7. The van der Waals surface area contributed by atoms with Crippen molar-refractivity contribution in [1.29, 1.82) is 0 Å². The molecular weight excluding hydrogens is 807 g/mol. The Kier molecular flexibility index (Phi) is 21.1. The van der Waals surface area contributed by atoms with E-state index in [0.717, 1.165) is 29.7 Å². The summed E-state index contributed by atoms with van der Waals surface area (Å²) in [7, 11) is 8.72. The maximum absolute atomic E-state index is 14.5. The topological polar surface area (TPSA) is 138 Å². The Morgan fingerprint density at radius 3 is 1.95 bits per heavy atom. The first kappa shape index (κ1) is 54.2. The fraction of sp³-hybridized carbons (Fsp3) is 0.673. The first-order chi connectivity index (χ1) is 30.0. The number of ether oxygens (including phenoxy) is 2. The molecule has 1 aliphatic heterocycles. The van der Waals surface area contributed by atoms with Gasteiger partial charge >= 0.3 is 0 Å². The Labute approximate surface area is 385 Å². The quantitative estimate of drug-likeness (QED) is 0.104. The second-order valence-electron chi connectivity index (χ2n) is 20.2. The lowest BCUT2D eigenvalue weighted by atomic mass is 9.83. The van der Waals surface area contributed by atoms with Gasteiger partial charge in [-0.15, -0.1) is 0 Å². The average molecular weight is 890 g/mol. The Balaban J connectivity index is 1.81. The number of methoxy groups -OCH3 is 2. The van der Waals surface area contributed by atoms with Gasteiger partial charge in [-0.2, -0.15) is 0 Å². The van der Waals surface area contributed by atoms with Gasteiger partial charge in [0.05, 0.1) is 48.7 Å². The summed E-state index contributed by atoms with van der Waals surface area (Å²) in [4.78, 5) is 76.2. The molecule has 1 fully saturated rings. The third-order valence-corrected chi connectivity index (χ3v) is 13.2. The Hall–Kier alpha value is -4.13. The number of hydrogen-bond donors (Lipinski definition) is 2. The number of nitrogens with zero attached hydrogens (tertiary/aromatic N) is 3. The molecule has 3 rings (SSSR count). The van der Waals surface area contributed by atoms with Crippen molar-refractivity contribution in [2.24, 2.45) is 29.6 Å². The van der Waals surface area contributed by atoms with Gasteiger partial charge in [-0.05, 0) is 95.1 Å². The molecule has 0 saturated carbocycles. The van der Waals surface area contributed by atoms with Gasteiger partial charge in [-0.1, -0.05) is 97.4 Å². The van der Waals surface area contributed by atoms with Crippen LogP contribution in [0.2, 0.25) is 0 Å². The van der Waals surface area contributed by atoms with Crippen molar-refractivity contribution in [3.8, 4) is 0 Å². The van der Waals surface area contributed by atoms with Crippen LogP contribution >= 0.6 is 0 Å². The fourth-order valence-corrected chi connectivity index (χ4v) is 9.63. The minimum atomic E-state index is -0.777. The van der Waals surface area contributed by atoms with Gasteiger partial charge < -0.3 is 29.9 Å². The van der Waals surface area contributed by atoms with Gasteiger partial charge in [-0.3, -0.25) is 28.9 Å². The van der Waals surface area contributed by atoms with Gasteiger partial charge in [0, 0.05) is 57.8 Å². The largest absolute Gasteiger partial charge is 0.380 e. The number of benzene rings is 2. The number of Topliss-reactive ketones (excluding diaryl/α,β-unsaturated/α-hetero) is 2. The second-order valence-corrected chi connectivity index (χ2v) is 20.2. The van der Waals surface area contributed by atoms with E-state index < -0.39 is 36.1 Å². The van der Waals surface area contributed by atoms with Crippen LogP contribution < -0.4 is 10.6 Å². The van der Waals surface area contributed by atoms with E-state index in [2.05, 4.69) is 45.3 Å². The van der Waals surface area contributed by atoms with Crippen LogP contribution in [0.1, 0.15) is 112 Å². The fourth-order valence-electron chi connectivity index (χ4n) is 9.63. The summed E-state index contributed by atoms with van der Waals surface area (Å²) >= 11 is 0. The average Bonchev–Trinajstić information content (AvgIpc) is 3.72. The molecule has 2 N–H and O–H groups in total. The number of likely N-dealkylation sites (tertiary alicyclic amines) is 1. The lowest BCUT2D eigenvalue weighted by Crippen LogP contribution is -2.55. The Morgan fingerprint density at radius 2 is 1.44 bits per heavy atom. The number of ketones is 2. The predicted octanol–water partition coefficient (Wildman–Crippen LogP) is 7.47. The van der Waals surface area contributed by atoms with Crippen molar-refractivity contribution in [2.75, 3.05) is 47.2 Å². The van der Waals surface area contributed by atoms with Crippen LogP contribution in [0.15, 0.2) is 54.6 Å². The van der Waals surface area contributed by atoms with Crippen molar-refractivity contribution in [3.05, 3.63) is 65.7 Å². The van der Waals surface area contributed by atoms with E-state index in [-0.39, 0.29) is 83.9 Å². The molecule has 358 valence electrons. The Bertz CT molecular complexity index is 1790. The first-order valence-electron chi connectivity index (χ1n) is 23.6. The maximum atomic E-state index is 14.5. The number of amides is 3. The molecule has 1 saturated heterocycles. The van der Waals surface area contributed by atoms with Crippen LogP contribution in [-0.4, -0.2) is 128 Å². The van der Waals surface area contributed by atoms with Crippen LogP contribution in [0, 0.1) is 29.6 Å². The van der Waals surface area contributed by atoms with Crippen molar-refractivity contribution >= 4 is 35.0 Å². The van der Waals surface area contributed by atoms with Crippen molar-refractivity contribution in [1.82, 2.24) is 20.0 Å². The highest BCUT2D eigenvalue weighted by atomic mass is 16.5. The van der Waals surface area contributed by atoms with Crippen LogP contribution in [-0.2, 0) is 46.3 Å². The van der Waals surface area contributed by atoms with Crippen molar-refractivity contribution in [3.63, 3.8) is 0 Å². The maximum Gasteiger partial charge on any atom is 0.226 e. The zero-order valence-corrected chi connectivity index (χ0v) is 41.9. The van der Waals surface area contributed by atoms with Gasteiger partial charge in [0.2, 0.25) is 17.7 Å². The van der Waals surface area contributed by atoms with Crippen molar-refractivity contribution in [2.45, 2.75) is 156 Å². The molecule has 0 bridgehead atoms. The van der Waals surface area contributed by atoms with Gasteiger partial charge in [-0.25, -0.2) is 0 Å². The number of hydrogen-bond acceptors (Lipinski definition) is 9. The number of carbonyl (C=O) groups excluding carboxylic acids is 5. The molecule has 2 aromatic rings. The van der Waals surface area contributed by atoms with Crippen LogP contribution in [0.25, 0.3) is 0 Å². The molecule has 2 aromatic carbocycles. The zero-order valence-electron chi connectivity index (χ0n) is 41.9. The third kappa shape index (κ3) is 15.2. The van der Waals surface area contributed by atoms with E-state index in [1.54, 1.807) is 33.1 Å². The molecule has 0 aromatic heterocycles. The molecule has 0 radical (unpaired) electrons. The summed E-state index contributed by atoms with van der Waals surface area (Å²) in [6, 6.07) is 15.6.